The molecule has 0 saturated carbocycles. The molecule has 1 aromatic carbocycles. The van der Waals surface area contributed by atoms with Crippen molar-refractivity contribution in [1.82, 2.24) is 4.90 Å². The lowest BCUT2D eigenvalue weighted by molar-refractivity contribution is 0.249. The Kier molecular flexibility index (Phi) is 4.76. The smallest absolute Gasteiger partial charge is 0.159 e. The summed E-state index contributed by atoms with van der Waals surface area (Å²) in [6.45, 7) is 7.34. The number of hydrogen-bond acceptors (Lipinski definition) is 2. The van der Waals surface area contributed by atoms with E-state index in [-0.39, 0.29) is 6.04 Å². The normalized spacial score (nSPS) is 21.4. The summed E-state index contributed by atoms with van der Waals surface area (Å²) >= 11 is 0. The molecule has 0 radical (unpaired) electrons. The van der Waals surface area contributed by atoms with Crippen molar-refractivity contribution >= 4 is 0 Å². The molecule has 0 spiro atoms. The highest BCUT2D eigenvalue weighted by molar-refractivity contribution is 5.21. The van der Waals surface area contributed by atoms with E-state index in [1.54, 1.807) is 6.07 Å². The van der Waals surface area contributed by atoms with Gasteiger partial charge in [0.25, 0.3) is 0 Å². The van der Waals surface area contributed by atoms with Crippen LogP contribution in [0, 0.1) is 17.0 Å². The summed E-state index contributed by atoms with van der Waals surface area (Å²) in [4.78, 5) is 2.33. The van der Waals surface area contributed by atoms with Gasteiger partial charge in [-0.2, -0.15) is 0 Å². The van der Waals surface area contributed by atoms with Gasteiger partial charge in [0, 0.05) is 12.6 Å². The van der Waals surface area contributed by atoms with Crippen LogP contribution >= 0.6 is 0 Å². The highest BCUT2D eigenvalue weighted by Gasteiger charge is 2.24. The van der Waals surface area contributed by atoms with Crippen LogP contribution in [0.15, 0.2) is 18.2 Å². The van der Waals surface area contributed by atoms with E-state index in [4.69, 9.17) is 5.73 Å². The number of rotatable bonds is 3. The molecule has 1 unspecified atom stereocenters. The van der Waals surface area contributed by atoms with Crippen molar-refractivity contribution in [2.75, 3.05) is 19.6 Å². The Bertz CT molecular complexity index is 460. The summed E-state index contributed by atoms with van der Waals surface area (Å²) in [5.74, 6) is -1.65. The monoisotopic (exact) mass is 282 g/mol. The maximum Gasteiger partial charge on any atom is 0.159 e. The Morgan fingerprint density at radius 2 is 1.95 bits per heavy atom. The standard InChI is InChI=1S/C16H24F2N2/c1-16(2)6-3-8-20(9-7-16)11-15(19)12-4-5-13(17)14(18)10-12/h4-5,10,15H,3,6-9,11,19H2,1-2H3. The van der Waals surface area contributed by atoms with Crippen LogP contribution < -0.4 is 5.73 Å². The molecule has 4 heteroatoms. The van der Waals surface area contributed by atoms with Crippen LogP contribution in [-0.4, -0.2) is 24.5 Å². The maximum absolute atomic E-state index is 13.2. The van der Waals surface area contributed by atoms with Crippen molar-refractivity contribution in [3.05, 3.63) is 35.4 Å². The lowest BCUT2D eigenvalue weighted by Crippen LogP contribution is -2.33. The third-order valence-electron chi connectivity index (χ3n) is 4.26. The number of nitrogens with two attached hydrogens (primary N) is 1. The molecule has 1 atom stereocenters. The molecule has 0 amide bonds. The van der Waals surface area contributed by atoms with Crippen LogP contribution in [0.3, 0.4) is 0 Å². The van der Waals surface area contributed by atoms with Gasteiger partial charge in [-0.25, -0.2) is 8.78 Å². The van der Waals surface area contributed by atoms with E-state index in [0.29, 0.717) is 17.5 Å². The van der Waals surface area contributed by atoms with Gasteiger partial charge in [-0.15, -0.1) is 0 Å². The van der Waals surface area contributed by atoms with E-state index in [1.807, 2.05) is 0 Å². The SMILES string of the molecule is CC1(C)CCCN(CC(N)c2ccc(F)c(F)c2)CC1. The molecule has 2 rings (SSSR count). The number of halogens is 2. The number of likely N-dealkylation sites (tertiary alicyclic amines) is 1. The van der Waals surface area contributed by atoms with Gasteiger partial charge in [0.1, 0.15) is 0 Å². The molecule has 1 aromatic rings. The molecule has 1 fully saturated rings. The fraction of sp³-hybridized carbons (Fsp3) is 0.625. The first kappa shape index (κ1) is 15.4. The van der Waals surface area contributed by atoms with Gasteiger partial charge < -0.3 is 10.6 Å². The first-order valence-corrected chi connectivity index (χ1v) is 7.30. The van der Waals surface area contributed by atoms with Gasteiger partial charge in [-0.1, -0.05) is 19.9 Å². The number of nitrogens with zero attached hydrogens (tertiary/aromatic N) is 1. The first-order chi connectivity index (χ1) is 9.37. The highest BCUT2D eigenvalue weighted by atomic mass is 19.2. The van der Waals surface area contributed by atoms with E-state index < -0.39 is 11.6 Å². The van der Waals surface area contributed by atoms with E-state index >= 15 is 0 Å². The van der Waals surface area contributed by atoms with E-state index in [1.165, 1.54) is 12.5 Å². The molecule has 2 nitrogen and oxygen atoms in total. The topological polar surface area (TPSA) is 29.3 Å². The van der Waals surface area contributed by atoms with E-state index in [0.717, 1.165) is 32.0 Å². The average molecular weight is 282 g/mol. The summed E-state index contributed by atoms with van der Waals surface area (Å²) in [5.41, 5.74) is 7.18. The van der Waals surface area contributed by atoms with Crippen LogP contribution in [0.1, 0.15) is 44.7 Å². The first-order valence-electron chi connectivity index (χ1n) is 7.30. The molecule has 1 heterocycles. The van der Waals surface area contributed by atoms with Crippen molar-refractivity contribution in [3.8, 4) is 0 Å². The molecular weight excluding hydrogens is 258 g/mol. The van der Waals surface area contributed by atoms with E-state index in [9.17, 15) is 8.78 Å². The number of hydrogen-bond donors (Lipinski definition) is 1. The minimum atomic E-state index is -0.824. The minimum absolute atomic E-state index is 0.272. The van der Waals surface area contributed by atoms with Gasteiger partial charge in [-0.3, -0.25) is 0 Å². The molecule has 1 aliphatic rings. The summed E-state index contributed by atoms with van der Waals surface area (Å²) in [6, 6.07) is 3.66. The molecule has 2 N–H and O–H groups in total. The van der Waals surface area contributed by atoms with Gasteiger partial charge in [0.2, 0.25) is 0 Å². The van der Waals surface area contributed by atoms with Crippen molar-refractivity contribution in [3.63, 3.8) is 0 Å². The molecule has 20 heavy (non-hydrogen) atoms. The number of benzene rings is 1. The van der Waals surface area contributed by atoms with Crippen LogP contribution in [0.25, 0.3) is 0 Å². The largest absolute Gasteiger partial charge is 0.323 e. The Morgan fingerprint density at radius 1 is 1.20 bits per heavy atom. The van der Waals surface area contributed by atoms with Crippen molar-refractivity contribution in [1.29, 1.82) is 0 Å². The van der Waals surface area contributed by atoms with Crippen molar-refractivity contribution in [2.24, 2.45) is 11.1 Å². The van der Waals surface area contributed by atoms with Crippen molar-refractivity contribution < 1.29 is 8.78 Å². The predicted molar refractivity (Wildman–Crippen MR) is 77.4 cm³/mol. The van der Waals surface area contributed by atoms with Crippen LogP contribution in [0.5, 0.6) is 0 Å². The molecule has 0 bridgehead atoms. The second-order valence-corrected chi connectivity index (χ2v) is 6.60. The van der Waals surface area contributed by atoms with Crippen LogP contribution in [-0.2, 0) is 0 Å². The average Bonchev–Trinajstić information content (AvgIpc) is 2.54. The third-order valence-corrected chi connectivity index (χ3v) is 4.26. The molecular formula is C16H24F2N2. The van der Waals surface area contributed by atoms with E-state index in [2.05, 4.69) is 18.7 Å². The molecule has 112 valence electrons. The van der Waals surface area contributed by atoms with Gasteiger partial charge in [0.05, 0.1) is 0 Å². The van der Waals surface area contributed by atoms with Gasteiger partial charge >= 0.3 is 0 Å². The summed E-state index contributed by atoms with van der Waals surface area (Å²) in [5, 5.41) is 0. The summed E-state index contributed by atoms with van der Waals surface area (Å²) < 4.78 is 26.2. The predicted octanol–water partition coefficient (Wildman–Crippen LogP) is 3.48. The summed E-state index contributed by atoms with van der Waals surface area (Å²) in [6.07, 6.45) is 3.54. The summed E-state index contributed by atoms with van der Waals surface area (Å²) in [7, 11) is 0. The Labute approximate surface area is 120 Å². The fourth-order valence-electron chi connectivity index (χ4n) is 2.79. The zero-order chi connectivity index (χ0) is 14.8. The lowest BCUT2D eigenvalue weighted by atomic mass is 9.85. The van der Waals surface area contributed by atoms with Gasteiger partial charge in [0.15, 0.2) is 11.6 Å². The highest BCUT2D eigenvalue weighted by Crippen LogP contribution is 2.30. The second-order valence-electron chi connectivity index (χ2n) is 6.60. The fourth-order valence-corrected chi connectivity index (χ4v) is 2.79. The van der Waals surface area contributed by atoms with Crippen LogP contribution in [0.4, 0.5) is 8.78 Å². The maximum atomic E-state index is 13.2. The molecule has 1 saturated heterocycles. The van der Waals surface area contributed by atoms with Crippen LogP contribution in [0.2, 0.25) is 0 Å². The molecule has 1 aliphatic heterocycles. The van der Waals surface area contributed by atoms with Gasteiger partial charge in [-0.05, 0) is 55.5 Å². The second kappa shape index (κ2) is 6.19. The Morgan fingerprint density at radius 3 is 2.65 bits per heavy atom. The molecule has 0 aromatic heterocycles. The lowest BCUT2D eigenvalue weighted by Gasteiger charge is -2.25. The Hall–Kier alpha value is -1.00. The zero-order valence-electron chi connectivity index (χ0n) is 12.3. The zero-order valence-corrected chi connectivity index (χ0v) is 12.3. The Balaban J connectivity index is 1.97. The minimum Gasteiger partial charge on any atom is -0.323 e. The third kappa shape index (κ3) is 4.00. The molecule has 0 aliphatic carbocycles. The quantitative estimate of drug-likeness (QED) is 0.919. The van der Waals surface area contributed by atoms with Crippen molar-refractivity contribution in [2.45, 2.75) is 39.2 Å².